The lowest BCUT2D eigenvalue weighted by atomic mass is 10.2. The van der Waals surface area contributed by atoms with E-state index in [9.17, 15) is 13.2 Å². The molecule has 2 heterocycles. The number of anilines is 1. The Morgan fingerprint density at radius 3 is 2.43 bits per heavy atom. The summed E-state index contributed by atoms with van der Waals surface area (Å²) in [4.78, 5) is 16.5. The van der Waals surface area contributed by atoms with Crippen LogP contribution in [0.3, 0.4) is 0 Å². The molecule has 1 fully saturated rings. The Hall–Kier alpha value is -1.87. The predicted octanol–water partition coefficient (Wildman–Crippen LogP) is 3.01. The lowest BCUT2D eigenvalue weighted by Gasteiger charge is -2.15. The largest absolute Gasteiger partial charge is 0.367 e. The van der Waals surface area contributed by atoms with Crippen LogP contribution in [0.2, 0.25) is 10.0 Å². The van der Waals surface area contributed by atoms with Crippen LogP contribution in [0.25, 0.3) is 0 Å². The number of halogens is 2. The average Bonchev–Trinajstić information content (AvgIpc) is 3.22. The van der Waals surface area contributed by atoms with Crippen LogP contribution < -0.4 is 10.6 Å². The Bertz CT molecular complexity index is 946. The van der Waals surface area contributed by atoms with Gasteiger partial charge in [-0.15, -0.1) is 0 Å². The zero-order chi connectivity index (χ0) is 20.1. The third-order valence-electron chi connectivity index (χ3n) is 4.33. The molecule has 1 aliphatic heterocycles. The van der Waals surface area contributed by atoms with E-state index in [1.54, 1.807) is 6.07 Å². The zero-order valence-corrected chi connectivity index (χ0v) is 17.3. The summed E-state index contributed by atoms with van der Waals surface area (Å²) in [6.45, 7) is 1.85. The Morgan fingerprint density at radius 1 is 1.11 bits per heavy atom. The van der Waals surface area contributed by atoms with Crippen molar-refractivity contribution in [3.05, 3.63) is 52.1 Å². The van der Waals surface area contributed by atoms with Crippen molar-refractivity contribution < 1.29 is 13.2 Å². The van der Waals surface area contributed by atoms with E-state index in [0.29, 0.717) is 47.6 Å². The normalized spacial score (nSPS) is 14.8. The lowest BCUT2D eigenvalue weighted by molar-refractivity contribution is 0.0955. The molecular formula is C18H20Cl2N4O3S. The molecule has 3 rings (SSSR count). The number of amides is 1. The van der Waals surface area contributed by atoms with E-state index < -0.39 is 10.0 Å². The third-order valence-corrected chi connectivity index (χ3v) is 6.74. The van der Waals surface area contributed by atoms with E-state index in [-0.39, 0.29) is 10.8 Å². The number of hydrogen-bond donors (Lipinski definition) is 2. The molecule has 0 saturated carbocycles. The highest BCUT2D eigenvalue weighted by molar-refractivity contribution is 7.89. The van der Waals surface area contributed by atoms with Crippen LogP contribution in [0.15, 0.2) is 41.4 Å². The number of benzene rings is 1. The monoisotopic (exact) mass is 442 g/mol. The highest BCUT2D eigenvalue weighted by Gasteiger charge is 2.27. The molecule has 0 unspecified atom stereocenters. The second kappa shape index (κ2) is 9.09. The summed E-state index contributed by atoms with van der Waals surface area (Å²) in [5.41, 5.74) is 0.392. The summed E-state index contributed by atoms with van der Waals surface area (Å²) in [7, 11) is -3.48. The fourth-order valence-electron chi connectivity index (χ4n) is 2.86. The van der Waals surface area contributed by atoms with Gasteiger partial charge in [0.1, 0.15) is 5.82 Å². The van der Waals surface area contributed by atoms with E-state index >= 15 is 0 Å². The molecule has 1 amide bonds. The molecule has 0 bridgehead atoms. The molecule has 2 aromatic rings. The van der Waals surface area contributed by atoms with Gasteiger partial charge >= 0.3 is 0 Å². The van der Waals surface area contributed by atoms with Crippen molar-refractivity contribution in [2.24, 2.45) is 0 Å². The maximum absolute atomic E-state index is 12.5. The van der Waals surface area contributed by atoms with Gasteiger partial charge < -0.3 is 10.6 Å². The number of carbonyl (C=O) groups is 1. The number of nitrogens with zero attached hydrogens (tertiary/aromatic N) is 2. The van der Waals surface area contributed by atoms with Gasteiger partial charge in [-0.1, -0.05) is 23.2 Å². The van der Waals surface area contributed by atoms with Crippen LogP contribution in [0.5, 0.6) is 0 Å². The van der Waals surface area contributed by atoms with Crippen LogP contribution in [-0.2, 0) is 10.0 Å². The number of pyridine rings is 1. The van der Waals surface area contributed by atoms with Gasteiger partial charge in [0.2, 0.25) is 10.0 Å². The van der Waals surface area contributed by atoms with Crippen LogP contribution in [-0.4, -0.2) is 49.8 Å². The Kier molecular flexibility index (Phi) is 6.77. The molecule has 0 radical (unpaired) electrons. The first kappa shape index (κ1) is 20.9. The topological polar surface area (TPSA) is 91.4 Å². The van der Waals surface area contributed by atoms with E-state index in [4.69, 9.17) is 23.2 Å². The lowest BCUT2D eigenvalue weighted by Crippen LogP contribution is -2.29. The Balaban J connectivity index is 1.52. The van der Waals surface area contributed by atoms with Gasteiger partial charge in [-0.3, -0.25) is 4.79 Å². The van der Waals surface area contributed by atoms with E-state index in [2.05, 4.69) is 15.6 Å². The van der Waals surface area contributed by atoms with Gasteiger partial charge in [-0.25, -0.2) is 13.4 Å². The van der Waals surface area contributed by atoms with Crippen LogP contribution in [0, 0.1) is 0 Å². The first-order valence-electron chi connectivity index (χ1n) is 8.81. The van der Waals surface area contributed by atoms with Crippen LogP contribution in [0.4, 0.5) is 5.82 Å². The first-order chi connectivity index (χ1) is 13.4. The Morgan fingerprint density at radius 2 is 1.79 bits per heavy atom. The average molecular weight is 443 g/mol. The molecule has 2 N–H and O–H groups in total. The highest BCUT2D eigenvalue weighted by atomic mass is 35.5. The van der Waals surface area contributed by atoms with Crippen molar-refractivity contribution in [1.29, 1.82) is 0 Å². The zero-order valence-electron chi connectivity index (χ0n) is 15.0. The van der Waals surface area contributed by atoms with Gasteiger partial charge in [0, 0.05) is 37.9 Å². The quantitative estimate of drug-likeness (QED) is 0.642. The number of hydrogen-bond acceptors (Lipinski definition) is 5. The maximum Gasteiger partial charge on any atom is 0.251 e. The van der Waals surface area contributed by atoms with Gasteiger partial charge in [-0.05, 0) is 43.2 Å². The summed E-state index contributed by atoms with van der Waals surface area (Å²) in [6, 6.07) is 7.55. The molecule has 0 spiro atoms. The van der Waals surface area contributed by atoms with E-state index in [1.807, 2.05) is 0 Å². The van der Waals surface area contributed by atoms with Crippen molar-refractivity contribution in [2.45, 2.75) is 17.7 Å². The standard InChI is InChI=1S/C18H20Cl2N4O3S/c19-14-11-16(20)17(23-12-14)21-7-8-22-18(25)13-3-5-15(6-4-13)28(26,27)24-9-1-2-10-24/h3-6,11-12H,1-2,7-10H2,(H,21,23)(H,22,25). The van der Waals surface area contributed by atoms with E-state index in [1.165, 1.54) is 34.8 Å². The maximum atomic E-state index is 12.5. The SMILES string of the molecule is O=C(NCCNc1ncc(Cl)cc1Cl)c1ccc(S(=O)(=O)N2CCCC2)cc1. The smallest absolute Gasteiger partial charge is 0.251 e. The molecular weight excluding hydrogens is 423 g/mol. The minimum Gasteiger partial charge on any atom is -0.367 e. The molecule has 1 aromatic carbocycles. The summed E-state index contributed by atoms with van der Waals surface area (Å²) in [5, 5.41) is 6.60. The molecule has 1 aromatic heterocycles. The summed E-state index contributed by atoms with van der Waals surface area (Å²) < 4.78 is 26.5. The Labute approximate surface area is 174 Å². The number of sulfonamides is 1. The number of nitrogens with one attached hydrogen (secondary N) is 2. The summed E-state index contributed by atoms with van der Waals surface area (Å²) in [5.74, 6) is 0.193. The second-order valence-corrected chi connectivity index (χ2v) is 9.08. The van der Waals surface area contributed by atoms with Gasteiger partial charge in [0.25, 0.3) is 5.91 Å². The van der Waals surface area contributed by atoms with Crippen molar-refractivity contribution >= 4 is 45.0 Å². The molecule has 0 aliphatic carbocycles. The van der Waals surface area contributed by atoms with Crippen LogP contribution in [0.1, 0.15) is 23.2 Å². The fraction of sp³-hybridized carbons (Fsp3) is 0.333. The minimum atomic E-state index is -3.48. The van der Waals surface area contributed by atoms with Crippen molar-refractivity contribution in [2.75, 3.05) is 31.5 Å². The number of rotatable bonds is 7. The summed E-state index contributed by atoms with van der Waals surface area (Å²) in [6.07, 6.45) is 3.24. The number of aromatic nitrogens is 1. The van der Waals surface area contributed by atoms with Crippen molar-refractivity contribution in [1.82, 2.24) is 14.6 Å². The first-order valence-corrected chi connectivity index (χ1v) is 11.0. The molecule has 10 heteroatoms. The molecule has 1 aliphatic rings. The fourth-order valence-corrected chi connectivity index (χ4v) is 4.82. The second-order valence-electron chi connectivity index (χ2n) is 6.30. The predicted molar refractivity (Wildman–Crippen MR) is 110 cm³/mol. The molecule has 28 heavy (non-hydrogen) atoms. The molecule has 150 valence electrons. The van der Waals surface area contributed by atoms with E-state index in [0.717, 1.165) is 12.8 Å². The highest BCUT2D eigenvalue weighted by Crippen LogP contribution is 2.22. The number of carbonyl (C=O) groups excluding carboxylic acids is 1. The van der Waals surface area contributed by atoms with Gasteiger partial charge in [-0.2, -0.15) is 4.31 Å². The third kappa shape index (κ3) is 4.94. The van der Waals surface area contributed by atoms with Crippen molar-refractivity contribution in [3.63, 3.8) is 0 Å². The van der Waals surface area contributed by atoms with Crippen LogP contribution >= 0.6 is 23.2 Å². The summed E-state index contributed by atoms with van der Waals surface area (Å²) >= 11 is 11.8. The molecule has 7 nitrogen and oxygen atoms in total. The van der Waals surface area contributed by atoms with Gasteiger partial charge in [0.05, 0.1) is 14.9 Å². The van der Waals surface area contributed by atoms with Crippen molar-refractivity contribution in [3.8, 4) is 0 Å². The van der Waals surface area contributed by atoms with Gasteiger partial charge in [0.15, 0.2) is 0 Å². The minimum absolute atomic E-state index is 0.205. The molecule has 0 atom stereocenters. The molecule has 1 saturated heterocycles.